The summed E-state index contributed by atoms with van der Waals surface area (Å²) in [5.74, 6) is 0. The van der Waals surface area contributed by atoms with Gasteiger partial charge in [-0.2, -0.15) is 0 Å². The molecular formula is C16H17ClN2S. The summed E-state index contributed by atoms with van der Waals surface area (Å²) < 4.78 is 0. The number of benzene rings is 2. The van der Waals surface area contributed by atoms with Crippen LogP contribution in [-0.4, -0.2) is 5.11 Å². The zero-order valence-electron chi connectivity index (χ0n) is 11.5. The minimum Gasteiger partial charge on any atom is -0.358 e. The maximum absolute atomic E-state index is 6.08. The van der Waals surface area contributed by atoms with Gasteiger partial charge in [0.2, 0.25) is 0 Å². The van der Waals surface area contributed by atoms with Crippen LogP contribution < -0.4 is 10.6 Å². The SMILES string of the molecule is Cc1ccc(CNC(=S)Nc2ccc(C)c(Cl)c2)cc1. The molecule has 0 radical (unpaired) electrons. The Kier molecular flexibility index (Phi) is 4.99. The van der Waals surface area contributed by atoms with E-state index in [9.17, 15) is 0 Å². The van der Waals surface area contributed by atoms with Gasteiger partial charge in [-0.25, -0.2) is 0 Å². The Hall–Kier alpha value is -1.58. The maximum Gasteiger partial charge on any atom is 0.171 e. The van der Waals surface area contributed by atoms with E-state index in [4.69, 9.17) is 23.8 Å². The number of anilines is 1. The first-order chi connectivity index (χ1) is 9.54. The fourth-order valence-electron chi connectivity index (χ4n) is 1.73. The standard InChI is InChI=1S/C16H17ClN2S/c1-11-3-6-13(7-4-11)10-18-16(20)19-14-8-5-12(2)15(17)9-14/h3-9H,10H2,1-2H3,(H2,18,19,20). The van der Waals surface area contributed by atoms with E-state index in [0.29, 0.717) is 11.7 Å². The van der Waals surface area contributed by atoms with Crippen molar-refractivity contribution in [3.05, 3.63) is 64.2 Å². The third kappa shape index (κ3) is 4.22. The second-order valence-corrected chi connectivity index (χ2v) is 5.57. The average Bonchev–Trinajstić information content (AvgIpc) is 2.42. The Labute approximate surface area is 130 Å². The highest BCUT2D eigenvalue weighted by Gasteiger charge is 2.01. The number of thiocarbonyl (C=S) groups is 1. The molecule has 0 fully saturated rings. The van der Waals surface area contributed by atoms with Gasteiger partial charge in [-0.15, -0.1) is 0 Å². The lowest BCUT2D eigenvalue weighted by atomic mass is 10.1. The summed E-state index contributed by atoms with van der Waals surface area (Å²) in [7, 11) is 0. The first kappa shape index (κ1) is 14.8. The van der Waals surface area contributed by atoms with Crippen LogP contribution in [0.4, 0.5) is 5.69 Å². The number of aryl methyl sites for hydroxylation is 2. The van der Waals surface area contributed by atoms with Crippen molar-refractivity contribution in [2.24, 2.45) is 0 Å². The minimum atomic E-state index is 0.588. The van der Waals surface area contributed by atoms with E-state index >= 15 is 0 Å². The monoisotopic (exact) mass is 304 g/mol. The molecule has 0 saturated heterocycles. The molecule has 0 aliphatic heterocycles. The van der Waals surface area contributed by atoms with Gasteiger partial charge in [0.1, 0.15) is 0 Å². The largest absolute Gasteiger partial charge is 0.358 e. The number of rotatable bonds is 3. The van der Waals surface area contributed by atoms with Crippen molar-refractivity contribution in [1.29, 1.82) is 0 Å². The van der Waals surface area contributed by atoms with E-state index in [1.54, 1.807) is 0 Å². The van der Waals surface area contributed by atoms with Crippen LogP contribution in [0.25, 0.3) is 0 Å². The van der Waals surface area contributed by atoms with Crippen LogP contribution in [-0.2, 0) is 6.54 Å². The third-order valence-corrected chi connectivity index (χ3v) is 3.66. The molecule has 2 aromatic carbocycles. The molecule has 0 unspecified atom stereocenters. The molecule has 0 amide bonds. The van der Waals surface area contributed by atoms with Gasteiger partial charge in [-0.05, 0) is 49.3 Å². The van der Waals surface area contributed by atoms with Crippen LogP contribution in [0.15, 0.2) is 42.5 Å². The molecule has 20 heavy (non-hydrogen) atoms. The summed E-state index contributed by atoms with van der Waals surface area (Å²) in [6.45, 7) is 4.75. The summed E-state index contributed by atoms with van der Waals surface area (Å²) >= 11 is 11.4. The molecule has 0 aromatic heterocycles. The van der Waals surface area contributed by atoms with E-state index in [-0.39, 0.29) is 0 Å². The van der Waals surface area contributed by atoms with Crippen LogP contribution in [0.3, 0.4) is 0 Å². The minimum absolute atomic E-state index is 0.588. The van der Waals surface area contributed by atoms with Gasteiger partial charge in [0.05, 0.1) is 0 Å². The fraction of sp³-hybridized carbons (Fsp3) is 0.188. The Morgan fingerprint density at radius 2 is 1.80 bits per heavy atom. The van der Waals surface area contributed by atoms with E-state index in [0.717, 1.165) is 16.3 Å². The van der Waals surface area contributed by atoms with Crippen LogP contribution in [0.1, 0.15) is 16.7 Å². The molecule has 4 heteroatoms. The first-order valence-corrected chi connectivity index (χ1v) is 7.20. The molecule has 0 aliphatic carbocycles. The van der Waals surface area contributed by atoms with Gasteiger partial charge in [-0.1, -0.05) is 47.5 Å². The average molecular weight is 305 g/mol. The second kappa shape index (κ2) is 6.73. The quantitative estimate of drug-likeness (QED) is 0.820. The highest BCUT2D eigenvalue weighted by atomic mass is 35.5. The van der Waals surface area contributed by atoms with Crippen molar-refractivity contribution in [3.63, 3.8) is 0 Å². The molecule has 0 saturated carbocycles. The summed E-state index contributed by atoms with van der Waals surface area (Å²) in [6.07, 6.45) is 0. The molecular weight excluding hydrogens is 288 g/mol. The lowest BCUT2D eigenvalue weighted by Crippen LogP contribution is -2.27. The molecule has 104 valence electrons. The molecule has 0 bridgehead atoms. The lowest BCUT2D eigenvalue weighted by molar-refractivity contribution is 0.925. The maximum atomic E-state index is 6.08. The van der Waals surface area contributed by atoms with Crippen molar-refractivity contribution in [2.45, 2.75) is 20.4 Å². The molecule has 2 N–H and O–H groups in total. The fourth-order valence-corrected chi connectivity index (χ4v) is 2.10. The Morgan fingerprint density at radius 3 is 2.45 bits per heavy atom. The molecule has 0 atom stereocenters. The second-order valence-electron chi connectivity index (χ2n) is 4.76. The van der Waals surface area contributed by atoms with Gasteiger partial charge in [0.25, 0.3) is 0 Å². The van der Waals surface area contributed by atoms with Gasteiger partial charge in [-0.3, -0.25) is 0 Å². The lowest BCUT2D eigenvalue weighted by Gasteiger charge is -2.11. The van der Waals surface area contributed by atoms with E-state index in [1.165, 1.54) is 11.1 Å². The van der Waals surface area contributed by atoms with Gasteiger partial charge in [0, 0.05) is 17.3 Å². The Bertz CT molecular complexity index is 608. The number of halogens is 1. The smallest absolute Gasteiger partial charge is 0.171 e. The van der Waals surface area contributed by atoms with Crippen molar-refractivity contribution >= 4 is 34.6 Å². The van der Waals surface area contributed by atoms with Crippen LogP contribution in [0.5, 0.6) is 0 Å². The summed E-state index contributed by atoms with van der Waals surface area (Å²) in [6, 6.07) is 14.2. The zero-order valence-corrected chi connectivity index (χ0v) is 13.1. The summed E-state index contributed by atoms with van der Waals surface area (Å²) in [5, 5.41) is 7.63. The van der Waals surface area contributed by atoms with Crippen molar-refractivity contribution in [1.82, 2.24) is 5.32 Å². The highest BCUT2D eigenvalue weighted by Crippen LogP contribution is 2.19. The Morgan fingerprint density at radius 1 is 1.10 bits per heavy atom. The van der Waals surface area contributed by atoms with Crippen molar-refractivity contribution in [2.75, 3.05) is 5.32 Å². The van der Waals surface area contributed by atoms with E-state index in [2.05, 4.69) is 41.8 Å². The zero-order chi connectivity index (χ0) is 14.5. The van der Waals surface area contributed by atoms with Crippen LogP contribution in [0, 0.1) is 13.8 Å². The number of hydrogen-bond acceptors (Lipinski definition) is 1. The topological polar surface area (TPSA) is 24.1 Å². The number of nitrogens with one attached hydrogen (secondary N) is 2. The molecule has 0 spiro atoms. The Balaban J connectivity index is 1.89. The van der Waals surface area contributed by atoms with Crippen molar-refractivity contribution in [3.8, 4) is 0 Å². The van der Waals surface area contributed by atoms with Crippen molar-refractivity contribution < 1.29 is 0 Å². The normalized spacial score (nSPS) is 10.2. The third-order valence-electron chi connectivity index (χ3n) is 3.00. The van der Waals surface area contributed by atoms with E-state index in [1.807, 2.05) is 25.1 Å². The van der Waals surface area contributed by atoms with Gasteiger partial charge < -0.3 is 10.6 Å². The molecule has 2 aromatic rings. The summed E-state index contributed by atoms with van der Waals surface area (Å²) in [4.78, 5) is 0. The molecule has 2 nitrogen and oxygen atoms in total. The van der Waals surface area contributed by atoms with E-state index < -0.39 is 0 Å². The predicted molar refractivity (Wildman–Crippen MR) is 90.4 cm³/mol. The molecule has 0 aliphatic rings. The number of hydrogen-bond donors (Lipinski definition) is 2. The first-order valence-electron chi connectivity index (χ1n) is 6.41. The molecule has 2 rings (SSSR count). The molecule has 0 heterocycles. The highest BCUT2D eigenvalue weighted by molar-refractivity contribution is 7.80. The predicted octanol–water partition coefficient (Wildman–Crippen LogP) is 4.44. The van der Waals surface area contributed by atoms with Gasteiger partial charge >= 0.3 is 0 Å². The van der Waals surface area contributed by atoms with Gasteiger partial charge in [0.15, 0.2) is 5.11 Å². The van der Waals surface area contributed by atoms with Crippen LogP contribution >= 0.6 is 23.8 Å². The summed E-state index contributed by atoms with van der Waals surface area (Å²) in [5.41, 5.74) is 4.39. The van der Waals surface area contributed by atoms with Crippen LogP contribution in [0.2, 0.25) is 5.02 Å².